The summed E-state index contributed by atoms with van der Waals surface area (Å²) in [5.41, 5.74) is 1.95. The smallest absolute Gasteiger partial charge is 0.214 e. The highest BCUT2D eigenvalue weighted by Gasteiger charge is 2.08. The summed E-state index contributed by atoms with van der Waals surface area (Å²) in [6.07, 6.45) is 5.36. The molecule has 0 radical (unpaired) electrons. The van der Waals surface area contributed by atoms with E-state index in [2.05, 4.69) is 53.4 Å². The molecule has 6 rings (SSSR count). The van der Waals surface area contributed by atoms with Crippen LogP contribution in [0.15, 0.2) is 67.1 Å². The largest absolute Gasteiger partial charge is 0.497 e. The zero-order valence-corrected chi connectivity index (χ0v) is 22.3. The molecule has 4 aromatic heterocycles. The maximum atomic E-state index is 5.11. The van der Waals surface area contributed by atoms with Gasteiger partial charge in [-0.25, -0.2) is 14.5 Å². The van der Waals surface area contributed by atoms with Crippen LogP contribution in [0.5, 0.6) is 11.5 Å². The lowest BCUT2D eigenvalue weighted by atomic mass is 10.3. The van der Waals surface area contributed by atoms with Gasteiger partial charge in [0.25, 0.3) is 0 Å². The fourth-order valence-corrected chi connectivity index (χ4v) is 5.21. The number of halogens is 1. The number of methoxy groups -OCH3 is 2. The van der Waals surface area contributed by atoms with Gasteiger partial charge < -0.3 is 20.1 Å². The van der Waals surface area contributed by atoms with Gasteiger partial charge in [0.2, 0.25) is 20.2 Å². The Morgan fingerprint density at radius 1 is 0.771 bits per heavy atom. The zero-order chi connectivity index (χ0) is 24.2. The molecule has 0 fully saturated rings. The monoisotopic (exact) mass is 618 g/mol. The minimum absolute atomic E-state index is 0.818. The lowest BCUT2D eigenvalue weighted by Gasteiger charge is -2.03. The highest BCUT2D eigenvalue weighted by molar-refractivity contribution is 14.1. The van der Waals surface area contributed by atoms with E-state index >= 15 is 0 Å². The number of aromatic nitrogens is 6. The Kier molecular flexibility index (Phi) is 6.96. The van der Waals surface area contributed by atoms with E-state index < -0.39 is 0 Å². The normalized spacial score (nSPS) is 10.7. The quantitative estimate of drug-likeness (QED) is 0.230. The van der Waals surface area contributed by atoms with Crippen molar-refractivity contribution in [3.05, 3.63) is 70.8 Å². The minimum Gasteiger partial charge on any atom is -0.497 e. The molecule has 0 aliphatic carbocycles. The summed E-state index contributed by atoms with van der Waals surface area (Å²) in [5.74, 6) is 1.67. The highest BCUT2D eigenvalue weighted by atomic mass is 127. The van der Waals surface area contributed by atoms with Crippen molar-refractivity contribution in [1.29, 1.82) is 0 Å². The molecule has 0 saturated carbocycles. The van der Waals surface area contributed by atoms with Crippen LogP contribution in [0.2, 0.25) is 0 Å². The van der Waals surface area contributed by atoms with Crippen LogP contribution in [0.1, 0.15) is 0 Å². The molecule has 6 aromatic rings. The maximum Gasteiger partial charge on any atom is 0.214 e. The number of imidazole rings is 2. The van der Waals surface area contributed by atoms with Gasteiger partial charge in [-0.2, -0.15) is 4.52 Å². The van der Waals surface area contributed by atoms with Crippen LogP contribution in [0.3, 0.4) is 0 Å². The molecular weight excluding hydrogens is 599 g/mol. The molecule has 0 aliphatic rings. The molecule has 0 saturated heterocycles. The van der Waals surface area contributed by atoms with Crippen LogP contribution in [0, 0.1) is 3.70 Å². The van der Waals surface area contributed by atoms with Crippen molar-refractivity contribution >= 4 is 76.8 Å². The number of fused-ring (bicyclic) bond motifs is 2. The third-order valence-corrected chi connectivity index (χ3v) is 7.13. The van der Waals surface area contributed by atoms with E-state index in [0.29, 0.717) is 0 Å². The van der Waals surface area contributed by atoms with E-state index in [4.69, 9.17) is 9.47 Å². The van der Waals surface area contributed by atoms with Gasteiger partial charge in [0.15, 0.2) is 0 Å². The fraction of sp³-hybridized carbons (Fsp3) is 0.0909. The summed E-state index contributed by atoms with van der Waals surface area (Å²) in [6, 6.07) is 15.4. The van der Waals surface area contributed by atoms with Crippen molar-refractivity contribution in [2.24, 2.45) is 0 Å². The molecule has 0 bridgehead atoms. The van der Waals surface area contributed by atoms with Crippen LogP contribution in [-0.4, -0.2) is 43.4 Å². The van der Waals surface area contributed by atoms with E-state index in [0.717, 1.165) is 46.8 Å². The van der Waals surface area contributed by atoms with Gasteiger partial charge in [0.1, 0.15) is 15.2 Å². The lowest BCUT2D eigenvalue weighted by Crippen LogP contribution is -1.92. The van der Waals surface area contributed by atoms with E-state index in [1.54, 1.807) is 31.1 Å². The third-order valence-electron chi connectivity index (χ3n) is 4.70. The van der Waals surface area contributed by atoms with Crippen molar-refractivity contribution in [2.75, 3.05) is 24.9 Å². The molecule has 0 atom stereocenters. The Morgan fingerprint density at radius 3 is 1.89 bits per heavy atom. The maximum absolute atomic E-state index is 5.11. The Morgan fingerprint density at radius 2 is 1.34 bits per heavy atom. The van der Waals surface area contributed by atoms with Crippen LogP contribution >= 0.6 is 45.3 Å². The van der Waals surface area contributed by atoms with Crippen molar-refractivity contribution in [2.45, 2.75) is 0 Å². The standard InChI is InChI=1S/C11H9IN4OS.C11H10N4OS/c1-17-8-4-2-7(3-5-8)14-10-15-16-9(12)6-13-11(16)18-10;1-16-9-4-2-8(3-5-9)13-10-14-15-7-6-12-11(15)17-10/h2-6H,1H3,(H,14,15);2-7H,1H3,(H,13,14). The number of nitrogens with one attached hydrogen (secondary N) is 2. The first-order valence-corrected chi connectivity index (χ1v) is 12.9. The van der Waals surface area contributed by atoms with Crippen molar-refractivity contribution in [1.82, 2.24) is 29.2 Å². The summed E-state index contributed by atoms with van der Waals surface area (Å²) in [7, 11) is 3.30. The molecule has 10 nitrogen and oxygen atoms in total. The second-order valence-corrected chi connectivity index (χ2v) is 9.97. The number of benzene rings is 2. The van der Waals surface area contributed by atoms with Gasteiger partial charge in [-0.1, -0.05) is 22.7 Å². The Labute approximate surface area is 221 Å². The molecule has 0 spiro atoms. The molecule has 13 heteroatoms. The summed E-state index contributed by atoms with van der Waals surface area (Å²) in [6.45, 7) is 0. The second kappa shape index (κ2) is 10.5. The van der Waals surface area contributed by atoms with Crippen molar-refractivity contribution in [3.63, 3.8) is 0 Å². The van der Waals surface area contributed by atoms with Crippen LogP contribution in [0.25, 0.3) is 9.92 Å². The third kappa shape index (κ3) is 5.47. The number of hydrogen-bond donors (Lipinski definition) is 2. The zero-order valence-electron chi connectivity index (χ0n) is 18.5. The number of hydrogen-bond acceptors (Lipinski definition) is 10. The van der Waals surface area contributed by atoms with E-state index in [1.807, 2.05) is 59.2 Å². The molecule has 0 amide bonds. The second-order valence-electron chi connectivity index (χ2n) is 6.95. The molecule has 35 heavy (non-hydrogen) atoms. The summed E-state index contributed by atoms with van der Waals surface area (Å²) in [5, 5.41) is 16.9. The first kappa shape index (κ1) is 23.3. The summed E-state index contributed by atoms with van der Waals surface area (Å²) >= 11 is 5.23. The average molecular weight is 618 g/mol. The highest BCUT2D eigenvalue weighted by Crippen LogP contribution is 2.26. The molecule has 178 valence electrons. The van der Waals surface area contributed by atoms with Gasteiger partial charge in [0.05, 0.1) is 26.6 Å². The molecular formula is C22H19IN8O2S2. The average Bonchev–Trinajstić information content (AvgIpc) is 3.64. The first-order chi connectivity index (χ1) is 17.1. The van der Waals surface area contributed by atoms with E-state index in [-0.39, 0.29) is 0 Å². The number of nitrogens with zero attached hydrogens (tertiary/aromatic N) is 6. The Bertz CT molecular complexity index is 1510. The fourth-order valence-electron chi connectivity index (χ4n) is 3.00. The first-order valence-electron chi connectivity index (χ1n) is 10.2. The lowest BCUT2D eigenvalue weighted by molar-refractivity contribution is 0.415. The predicted octanol–water partition coefficient (Wildman–Crippen LogP) is 5.69. The van der Waals surface area contributed by atoms with Crippen LogP contribution < -0.4 is 20.1 Å². The number of ether oxygens (including phenoxy) is 2. The van der Waals surface area contributed by atoms with E-state index in [1.165, 1.54) is 22.7 Å². The Hall–Kier alpha value is -3.43. The topological polar surface area (TPSA) is 103 Å². The summed E-state index contributed by atoms with van der Waals surface area (Å²) < 4.78 is 14.8. The van der Waals surface area contributed by atoms with Crippen molar-refractivity contribution < 1.29 is 9.47 Å². The predicted molar refractivity (Wildman–Crippen MR) is 147 cm³/mol. The molecule has 2 aromatic carbocycles. The van der Waals surface area contributed by atoms with E-state index in [9.17, 15) is 0 Å². The SMILES string of the molecule is COc1ccc(Nc2nn3c(I)cnc3s2)cc1.COc1ccc(Nc2nn3ccnc3s2)cc1. The molecule has 2 N–H and O–H groups in total. The van der Waals surface area contributed by atoms with Gasteiger partial charge in [-0.3, -0.25) is 0 Å². The van der Waals surface area contributed by atoms with Crippen LogP contribution in [0.4, 0.5) is 21.6 Å². The summed E-state index contributed by atoms with van der Waals surface area (Å²) in [4.78, 5) is 10.2. The number of rotatable bonds is 6. The number of anilines is 4. The van der Waals surface area contributed by atoms with Crippen LogP contribution in [-0.2, 0) is 0 Å². The van der Waals surface area contributed by atoms with Crippen molar-refractivity contribution in [3.8, 4) is 11.5 Å². The Balaban J connectivity index is 0.000000145. The molecule has 4 heterocycles. The van der Waals surface area contributed by atoms with Gasteiger partial charge in [0, 0.05) is 17.6 Å². The van der Waals surface area contributed by atoms with Gasteiger partial charge >= 0.3 is 0 Å². The molecule has 0 aliphatic heterocycles. The molecule has 0 unspecified atom stereocenters. The van der Waals surface area contributed by atoms with Gasteiger partial charge in [-0.05, 0) is 71.1 Å². The minimum atomic E-state index is 0.818. The van der Waals surface area contributed by atoms with Gasteiger partial charge in [-0.15, -0.1) is 10.2 Å².